The summed E-state index contributed by atoms with van der Waals surface area (Å²) in [5.41, 5.74) is 7.85. The van der Waals surface area contributed by atoms with E-state index in [9.17, 15) is 4.79 Å². The van der Waals surface area contributed by atoms with Gasteiger partial charge < -0.3 is 19.6 Å². The van der Waals surface area contributed by atoms with Crippen LogP contribution < -0.4 is 15.2 Å². The number of hydrogen-bond acceptors (Lipinski definition) is 4. The molecular formula is C21H22N2O4. The van der Waals surface area contributed by atoms with Gasteiger partial charge in [0.1, 0.15) is 17.2 Å². The molecule has 0 saturated carbocycles. The quantitative estimate of drug-likeness (QED) is 0.524. The van der Waals surface area contributed by atoms with Crippen molar-refractivity contribution >= 4 is 22.7 Å². The Morgan fingerprint density at radius 3 is 2.44 bits per heavy atom. The summed E-state index contributed by atoms with van der Waals surface area (Å²) in [6.07, 6.45) is 0. The van der Waals surface area contributed by atoms with E-state index in [0.29, 0.717) is 35.8 Å². The van der Waals surface area contributed by atoms with Gasteiger partial charge >= 0.3 is 0 Å². The largest absolute Gasteiger partial charge is 0.490 e. The molecule has 2 aromatic carbocycles. The van der Waals surface area contributed by atoms with Crippen LogP contribution in [0.5, 0.6) is 11.5 Å². The lowest BCUT2D eigenvalue weighted by atomic mass is 10.1. The molecule has 0 atom stereocenters. The minimum absolute atomic E-state index is 0.146. The SMILES string of the molecule is CCOc1ccc(C(=O)N=C(N)c2ccc3oc(C)cc3c2)cc1OCC. The summed E-state index contributed by atoms with van der Waals surface area (Å²) in [4.78, 5) is 16.6. The van der Waals surface area contributed by atoms with Gasteiger partial charge in [0.25, 0.3) is 5.91 Å². The molecule has 140 valence electrons. The highest BCUT2D eigenvalue weighted by Crippen LogP contribution is 2.29. The molecule has 0 spiro atoms. The number of furan rings is 1. The van der Waals surface area contributed by atoms with Gasteiger partial charge in [-0.25, -0.2) is 0 Å². The number of benzene rings is 2. The first-order chi connectivity index (χ1) is 13.0. The summed E-state index contributed by atoms with van der Waals surface area (Å²) >= 11 is 0. The minimum atomic E-state index is -0.444. The summed E-state index contributed by atoms with van der Waals surface area (Å²) < 4.78 is 16.6. The Morgan fingerprint density at radius 1 is 1.00 bits per heavy atom. The van der Waals surface area contributed by atoms with E-state index < -0.39 is 5.91 Å². The first-order valence-corrected chi connectivity index (χ1v) is 8.80. The summed E-state index contributed by atoms with van der Waals surface area (Å²) in [6.45, 7) is 6.61. The van der Waals surface area contributed by atoms with Gasteiger partial charge in [0, 0.05) is 16.5 Å². The van der Waals surface area contributed by atoms with Gasteiger partial charge in [-0.2, -0.15) is 4.99 Å². The molecule has 0 aliphatic rings. The highest BCUT2D eigenvalue weighted by atomic mass is 16.5. The van der Waals surface area contributed by atoms with Crippen molar-refractivity contribution < 1.29 is 18.7 Å². The molecule has 0 radical (unpaired) electrons. The maximum Gasteiger partial charge on any atom is 0.279 e. The van der Waals surface area contributed by atoms with Crippen LogP contribution in [0.4, 0.5) is 0 Å². The van der Waals surface area contributed by atoms with Crippen LogP contribution in [0.25, 0.3) is 11.0 Å². The number of carbonyl (C=O) groups excluding carboxylic acids is 1. The number of nitrogens with two attached hydrogens (primary N) is 1. The fourth-order valence-electron chi connectivity index (χ4n) is 2.76. The molecule has 1 aromatic heterocycles. The van der Waals surface area contributed by atoms with E-state index >= 15 is 0 Å². The van der Waals surface area contributed by atoms with Crippen LogP contribution in [0, 0.1) is 6.92 Å². The van der Waals surface area contributed by atoms with Gasteiger partial charge in [-0.05, 0) is 63.2 Å². The lowest BCUT2D eigenvalue weighted by Gasteiger charge is -2.11. The molecule has 6 nitrogen and oxygen atoms in total. The molecule has 0 aliphatic heterocycles. The van der Waals surface area contributed by atoms with Gasteiger partial charge in [0.05, 0.1) is 13.2 Å². The summed E-state index contributed by atoms with van der Waals surface area (Å²) in [6, 6.07) is 12.3. The lowest BCUT2D eigenvalue weighted by Crippen LogP contribution is -2.16. The van der Waals surface area contributed by atoms with Gasteiger partial charge in [0.2, 0.25) is 0 Å². The lowest BCUT2D eigenvalue weighted by molar-refractivity contribution is 0.100. The Morgan fingerprint density at radius 2 is 1.70 bits per heavy atom. The van der Waals surface area contributed by atoms with E-state index in [2.05, 4.69) is 4.99 Å². The molecule has 0 fully saturated rings. The molecule has 2 N–H and O–H groups in total. The predicted molar refractivity (Wildman–Crippen MR) is 105 cm³/mol. The molecule has 27 heavy (non-hydrogen) atoms. The van der Waals surface area contributed by atoms with Crippen LogP contribution in [-0.2, 0) is 0 Å². The van der Waals surface area contributed by atoms with Crippen molar-refractivity contribution in [1.82, 2.24) is 0 Å². The van der Waals surface area contributed by atoms with Crippen molar-refractivity contribution in [2.45, 2.75) is 20.8 Å². The number of amidine groups is 1. The van der Waals surface area contributed by atoms with E-state index in [1.165, 1.54) is 0 Å². The standard InChI is InChI=1S/C21H22N2O4/c1-4-25-18-9-7-15(12-19(18)26-5-2)21(24)23-20(22)14-6-8-17-16(11-14)10-13(3)27-17/h6-12H,4-5H2,1-3H3,(H2,22,23,24). The second kappa shape index (κ2) is 7.95. The normalized spacial score (nSPS) is 11.6. The van der Waals surface area contributed by atoms with Crippen molar-refractivity contribution in [3.8, 4) is 11.5 Å². The molecule has 3 aromatic rings. The molecular weight excluding hydrogens is 344 g/mol. The Labute approximate surface area is 157 Å². The van der Waals surface area contributed by atoms with E-state index in [0.717, 1.165) is 16.7 Å². The van der Waals surface area contributed by atoms with Crippen molar-refractivity contribution in [2.75, 3.05) is 13.2 Å². The molecule has 3 rings (SSSR count). The van der Waals surface area contributed by atoms with Crippen LogP contribution in [-0.4, -0.2) is 25.0 Å². The third kappa shape index (κ3) is 4.11. The third-order valence-electron chi connectivity index (χ3n) is 3.95. The van der Waals surface area contributed by atoms with Gasteiger partial charge in [-0.15, -0.1) is 0 Å². The topological polar surface area (TPSA) is 87.0 Å². The smallest absolute Gasteiger partial charge is 0.279 e. The van der Waals surface area contributed by atoms with E-state index in [1.54, 1.807) is 24.3 Å². The van der Waals surface area contributed by atoms with Gasteiger partial charge in [-0.3, -0.25) is 4.79 Å². The van der Waals surface area contributed by atoms with Crippen molar-refractivity contribution in [1.29, 1.82) is 0 Å². The van der Waals surface area contributed by atoms with Crippen LogP contribution in [0.3, 0.4) is 0 Å². The first-order valence-electron chi connectivity index (χ1n) is 8.80. The Kier molecular flexibility index (Phi) is 5.45. The molecule has 1 heterocycles. The molecule has 1 amide bonds. The Bertz CT molecular complexity index is 1000. The van der Waals surface area contributed by atoms with Crippen LogP contribution in [0.2, 0.25) is 0 Å². The van der Waals surface area contributed by atoms with Crippen molar-refractivity contribution in [3.63, 3.8) is 0 Å². The Hall–Kier alpha value is -3.28. The highest BCUT2D eigenvalue weighted by molar-refractivity contribution is 6.09. The molecule has 0 saturated heterocycles. The predicted octanol–water partition coefficient (Wildman–Crippen LogP) is 4.08. The molecule has 0 aliphatic carbocycles. The van der Waals surface area contributed by atoms with Crippen LogP contribution in [0.1, 0.15) is 35.5 Å². The monoisotopic (exact) mass is 366 g/mol. The fraction of sp³-hybridized carbons (Fsp3) is 0.238. The molecule has 0 bridgehead atoms. The van der Waals surface area contributed by atoms with E-state index in [1.807, 2.05) is 39.0 Å². The maximum absolute atomic E-state index is 12.5. The van der Waals surface area contributed by atoms with Gasteiger partial charge in [-0.1, -0.05) is 0 Å². The number of fused-ring (bicyclic) bond motifs is 1. The number of ether oxygens (including phenoxy) is 2. The Balaban J connectivity index is 1.88. The van der Waals surface area contributed by atoms with E-state index in [-0.39, 0.29) is 5.84 Å². The minimum Gasteiger partial charge on any atom is -0.490 e. The number of rotatable bonds is 6. The highest BCUT2D eigenvalue weighted by Gasteiger charge is 2.12. The summed E-state index contributed by atoms with van der Waals surface area (Å²) in [7, 11) is 0. The number of aryl methyl sites for hydroxylation is 1. The number of amides is 1. The zero-order valence-corrected chi connectivity index (χ0v) is 15.6. The third-order valence-corrected chi connectivity index (χ3v) is 3.95. The van der Waals surface area contributed by atoms with Crippen molar-refractivity contribution in [2.24, 2.45) is 10.7 Å². The summed E-state index contributed by atoms with van der Waals surface area (Å²) in [5, 5.41) is 0.912. The van der Waals surface area contributed by atoms with Crippen molar-refractivity contribution in [3.05, 3.63) is 59.4 Å². The maximum atomic E-state index is 12.5. The van der Waals surface area contributed by atoms with Crippen LogP contribution in [0.15, 0.2) is 51.9 Å². The number of carbonyl (C=O) groups is 1. The average molecular weight is 366 g/mol. The number of nitrogens with zero attached hydrogens (tertiary/aromatic N) is 1. The number of hydrogen-bond donors (Lipinski definition) is 1. The molecule has 0 unspecified atom stereocenters. The summed E-state index contributed by atoms with van der Waals surface area (Å²) in [5.74, 6) is 1.61. The fourth-order valence-corrected chi connectivity index (χ4v) is 2.76. The average Bonchev–Trinajstić information content (AvgIpc) is 3.02. The first kappa shape index (κ1) is 18.5. The van der Waals surface area contributed by atoms with Gasteiger partial charge in [0.15, 0.2) is 11.5 Å². The molecule has 6 heteroatoms. The number of aliphatic imine (C=N–C) groups is 1. The zero-order chi connectivity index (χ0) is 19.4. The zero-order valence-electron chi connectivity index (χ0n) is 15.6. The second-order valence-corrected chi connectivity index (χ2v) is 5.94. The second-order valence-electron chi connectivity index (χ2n) is 5.94. The van der Waals surface area contributed by atoms with Crippen LogP contribution >= 0.6 is 0 Å². The van der Waals surface area contributed by atoms with E-state index in [4.69, 9.17) is 19.6 Å².